The minimum atomic E-state index is 0.0539. The van der Waals surface area contributed by atoms with E-state index in [0.29, 0.717) is 6.54 Å². The maximum absolute atomic E-state index is 11.9. The van der Waals surface area contributed by atoms with Gasteiger partial charge in [0.1, 0.15) is 11.5 Å². The van der Waals surface area contributed by atoms with Crippen LogP contribution in [0.5, 0.6) is 0 Å². The average molecular weight is 439 g/mol. The topological polar surface area (TPSA) is 95.6 Å². The lowest BCUT2D eigenvalue weighted by atomic mass is 9.88. The van der Waals surface area contributed by atoms with Crippen LogP contribution >= 0.6 is 0 Å². The quantitative estimate of drug-likeness (QED) is 0.410. The number of allylic oxidation sites excluding steroid dienone is 2. The van der Waals surface area contributed by atoms with Crippen LogP contribution in [0.1, 0.15) is 30.5 Å². The third-order valence-electron chi connectivity index (χ3n) is 6.13. The SMILES string of the molecule is CNC(=O)C1CC=C(c2cc3c(-c4cncc(NCc5ccccc5)n4)ccnc3[nH]2)CC1. The van der Waals surface area contributed by atoms with Gasteiger partial charge in [-0.3, -0.25) is 9.78 Å². The number of carbonyl (C=O) groups excluding carboxylic acids is 1. The summed E-state index contributed by atoms with van der Waals surface area (Å²) < 4.78 is 0. The number of carbonyl (C=O) groups is 1. The molecule has 1 atom stereocenters. The Kier molecular flexibility index (Phi) is 5.85. The number of aromatic nitrogens is 4. The number of amides is 1. The van der Waals surface area contributed by atoms with E-state index in [9.17, 15) is 4.79 Å². The van der Waals surface area contributed by atoms with Gasteiger partial charge in [0.05, 0.1) is 18.1 Å². The zero-order chi connectivity index (χ0) is 22.6. The molecule has 5 rings (SSSR count). The molecular formula is C26H26N6O. The number of hydrogen-bond acceptors (Lipinski definition) is 5. The number of rotatable bonds is 6. The van der Waals surface area contributed by atoms with E-state index in [0.717, 1.165) is 53.1 Å². The van der Waals surface area contributed by atoms with Crippen LogP contribution in [-0.4, -0.2) is 32.9 Å². The van der Waals surface area contributed by atoms with Gasteiger partial charge in [-0.15, -0.1) is 0 Å². The monoisotopic (exact) mass is 438 g/mol. The van der Waals surface area contributed by atoms with Gasteiger partial charge in [-0.2, -0.15) is 0 Å². The highest BCUT2D eigenvalue weighted by Crippen LogP contribution is 2.34. The van der Waals surface area contributed by atoms with Crippen molar-refractivity contribution in [2.75, 3.05) is 12.4 Å². The van der Waals surface area contributed by atoms with Crippen LogP contribution in [0.2, 0.25) is 0 Å². The minimum Gasteiger partial charge on any atom is -0.365 e. The van der Waals surface area contributed by atoms with Gasteiger partial charge in [-0.1, -0.05) is 36.4 Å². The molecule has 33 heavy (non-hydrogen) atoms. The first-order valence-corrected chi connectivity index (χ1v) is 11.2. The van der Waals surface area contributed by atoms with Crippen molar-refractivity contribution in [1.29, 1.82) is 0 Å². The molecule has 1 aliphatic carbocycles. The van der Waals surface area contributed by atoms with Crippen LogP contribution in [-0.2, 0) is 11.3 Å². The molecule has 0 bridgehead atoms. The van der Waals surface area contributed by atoms with Gasteiger partial charge in [-0.05, 0) is 42.5 Å². The first-order valence-electron chi connectivity index (χ1n) is 11.2. The molecule has 3 aromatic heterocycles. The fourth-order valence-electron chi connectivity index (χ4n) is 4.31. The number of fused-ring (bicyclic) bond motifs is 1. The fourth-order valence-corrected chi connectivity index (χ4v) is 4.31. The van der Waals surface area contributed by atoms with E-state index >= 15 is 0 Å². The van der Waals surface area contributed by atoms with Gasteiger partial charge in [0.25, 0.3) is 0 Å². The Balaban J connectivity index is 1.40. The molecule has 7 heteroatoms. The Morgan fingerprint density at radius 2 is 2.06 bits per heavy atom. The van der Waals surface area contributed by atoms with Crippen LogP contribution in [0.15, 0.2) is 67.1 Å². The van der Waals surface area contributed by atoms with Gasteiger partial charge in [0, 0.05) is 42.4 Å². The maximum Gasteiger partial charge on any atom is 0.223 e. The summed E-state index contributed by atoms with van der Waals surface area (Å²) in [4.78, 5) is 29.1. The molecule has 4 aromatic rings. The van der Waals surface area contributed by atoms with E-state index in [1.807, 2.05) is 24.3 Å². The number of benzene rings is 1. The Morgan fingerprint density at radius 1 is 1.18 bits per heavy atom. The van der Waals surface area contributed by atoms with Crippen molar-refractivity contribution < 1.29 is 4.79 Å². The zero-order valence-electron chi connectivity index (χ0n) is 18.5. The van der Waals surface area contributed by atoms with E-state index in [4.69, 9.17) is 4.98 Å². The van der Waals surface area contributed by atoms with Crippen LogP contribution in [0.25, 0.3) is 27.9 Å². The minimum absolute atomic E-state index is 0.0539. The molecule has 3 N–H and O–H groups in total. The van der Waals surface area contributed by atoms with Crippen molar-refractivity contribution >= 4 is 28.3 Å². The van der Waals surface area contributed by atoms with Crippen molar-refractivity contribution in [3.8, 4) is 11.3 Å². The highest BCUT2D eigenvalue weighted by molar-refractivity contribution is 5.94. The lowest BCUT2D eigenvalue weighted by molar-refractivity contribution is -0.124. The summed E-state index contributed by atoms with van der Waals surface area (Å²) in [6.45, 7) is 0.685. The van der Waals surface area contributed by atoms with Crippen molar-refractivity contribution in [2.24, 2.45) is 5.92 Å². The lowest BCUT2D eigenvalue weighted by Crippen LogP contribution is -2.28. The normalized spacial score (nSPS) is 15.8. The highest BCUT2D eigenvalue weighted by atomic mass is 16.1. The van der Waals surface area contributed by atoms with Crippen molar-refractivity contribution in [2.45, 2.75) is 25.8 Å². The second-order valence-corrected chi connectivity index (χ2v) is 8.25. The Labute approximate surface area is 192 Å². The molecular weight excluding hydrogens is 412 g/mol. The number of aromatic amines is 1. The molecule has 0 fully saturated rings. The number of anilines is 1. The molecule has 1 aromatic carbocycles. The predicted molar refractivity (Wildman–Crippen MR) is 130 cm³/mol. The smallest absolute Gasteiger partial charge is 0.223 e. The molecule has 0 aliphatic heterocycles. The number of H-pyrrole nitrogens is 1. The third kappa shape index (κ3) is 4.48. The largest absolute Gasteiger partial charge is 0.365 e. The van der Waals surface area contributed by atoms with Gasteiger partial charge in [-0.25, -0.2) is 9.97 Å². The maximum atomic E-state index is 11.9. The summed E-state index contributed by atoms with van der Waals surface area (Å²) in [5.41, 5.74) is 6.06. The summed E-state index contributed by atoms with van der Waals surface area (Å²) in [6, 6.07) is 14.3. The van der Waals surface area contributed by atoms with Crippen LogP contribution in [0, 0.1) is 5.92 Å². The van der Waals surface area contributed by atoms with E-state index in [1.54, 1.807) is 25.6 Å². The summed E-state index contributed by atoms with van der Waals surface area (Å²) in [5.74, 6) is 0.899. The molecule has 0 saturated carbocycles. The summed E-state index contributed by atoms with van der Waals surface area (Å²) in [5, 5.41) is 7.12. The molecule has 1 unspecified atom stereocenters. The Hall–Kier alpha value is -4.00. The third-order valence-corrected chi connectivity index (χ3v) is 6.13. The fraction of sp³-hybridized carbons (Fsp3) is 0.231. The van der Waals surface area contributed by atoms with E-state index in [2.05, 4.69) is 49.9 Å². The summed E-state index contributed by atoms with van der Waals surface area (Å²) >= 11 is 0. The van der Waals surface area contributed by atoms with E-state index in [-0.39, 0.29) is 11.8 Å². The number of nitrogens with zero attached hydrogens (tertiary/aromatic N) is 3. The second kappa shape index (κ2) is 9.24. The molecule has 166 valence electrons. The molecule has 0 saturated heterocycles. The molecule has 1 aliphatic rings. The van der Waals surface area contributed by atoms with Gasteiger partial charge in [0.15, 0.2) is 0 Å². The van der Waals surface area contributed by atoms with E-state index < -0.39 is 0 Å². The first kappa shape index (κ1) is 20.9. The second-order valence-electron chi connectivity index (χ2n) is 8.25. The summed E-state index contributed by atoms with van der Waals surface area (Å²) in [6.07, 6.45) is 9.94. The van der Waals surface area contributed by atoms with Crippen molar-refractivity contribution in [3.05, 3.63) is 78.4 Å². The number of pyridine rings is 1. The van der Waals surface area contributed by atoms with Crippen LogP contribution in [0.4, 0.5) is 5.82 Å². The van der Waals surface area contributed by atoms with Crippen molar-refractivity contribution in [1.82, 2.24) is 25.3 Å². The number of hydrogen-bond donors (Lipinski definition) is 3. The molecule has 1 amide bonds. The predicted octanol–water partition coefficient (Wildman–Crippen LogP) is 4.56. The molecule has 0 spiro atoms. The van der Waals surface area contributed by atoms with Gasteiger partial charge >= 0.3 is 0 Å². The summed E-state index contributed by atoms with van der Waals surface area (Å²) in [7, 11) is 1.70. The van der Waals surface area contributed by atoms with Crippen LogP contribution in [0.3, 0.4) is 0 Å². The van der Waals surface area contributed by atoms with Gasteiger partial charge < -0.3 is 15.6 Å². The van der Waals surface area contributed by atoms with Crippen molar-refractivity contribution in [3.63, 3.8) is 0 Å². The van der Waals surface area contributed by atoms with Gasteiger partial charge in [0.2, 0.25) is 5.91 Å². The number of nitrogens with one attached hydrogen (secondary N) is 3. The standard InChI is InChI=1S/C26H26N6O/c1-27-26(33)19-9-7-18(8-10-19)22-13-21-20(11-12-29-25(21)32-22)23-15-28-16-24(31-23)30-14-17-5-3-2-4-6-17/h2-7,11-13,15-16,19H,8-10,14H2,1H3,(H,27,33)(H,29,32)(H,30,31). The highest BCUT2D eigenvalue weighted by Gasteiger charge is 2.22. The average Bonchev–Trinajstić information content (AvgIpc) is 3.32. The zero-order valence-corrected chi connectivity index (χ0v) is 18.5. The Morgan fingerprint density at radius 3 is 2.85 bits per heavy atom. The molecule has 3 heterocycles. The lowest BCUT2D eigenvalue weighted by Gasteiger charge is -2.19. The molecule has 0 radical (unpaired) electrons. The van der Waals surface area contributed by atoms with Crippen LogP contribution < -0.4 is 10.6 Å². The molecule has 7 nitrogen and oxygen atoms in total. The Bertz CT molecular complexity index is 1310. The first-order chi connectivity index (χ1) is 16.2. The van der Waals surface area contributed by atoms with E-state index in [1.165, 1.54) is 11.1 Å².